The highest BCUT2D eigenvalue weighted by molar-refractivity contribution is 8.01. The number of para-hydroxylation sites is 1. The fourth-order valence-electron chi connectivity index (χ4n) is 2.44. The Bertz CT molecular complexity index is 1160. The molecule has 0 radical (unpaired) electrons. The summed E-state index contributed by atoms with van der Waals surface area (Å²) in [7, 11) is 1.59. The van der Waals surface area contributed by atoms with Gasteiger partial charge in [-0.25, -0.2) is 4.98 Å². The van der Waals surface area contributed by atoms with E-state index < -0.39 is 0 Å². The van der Waals surface area contributed by atoms with Gasteiger partial charge in [0.25, 0.3) is 5.91 Å². The summed E-state index contributed by atoms with van der Waals surface area (Å²) >= 11 is 3.77. The predicted octanol–water partition coefficient (Wildman–Crippen LogP) is 4.14. The van der Waals surface area contributed by atoms with E-state index in [4.69, 9.17) is 4.74 Å². The Morgan fingerprint density at radius 2 is 1.83 bits per heavy atom. The smallest absolute Gasteiger partial charge is 0.286 e. The Labute approximate surface area is 183 Å². The molecule has 0 aliphatic rings. The SMILES string of the molecule is COc1ccc(NC(=O)CSc2nnc(NC(=O)c3nc4ccccc4s3)s2)cc1. The van der Waals surface area contributed by atoms with Crippen LogP contribution in [0.2, 0.25) is 0 Å². The van der Waals surface area contributed by atoms with Gasteiger partial charge in [0.2, 0.25) is 11.0 Å². The Kier molecular flexibility index (Phi) is 6.21. The zero-order valence-corrected chi connectivity index (χ0v) is 18.1. The van der Waals surface area contributed by atoms with Gasteiger partial charge in [-0.15, -0.1) is 21.5 Å². The summed E-state index contributed by atoms with van der Waals surface area (Å²) in [5, 5.41) is 14.2. The first-order chi connectivity index (χ1) is 14.6. The molecule has 2 heterocycles. The number of fused-ring (bicyclic) bond motifs is 1. The number of thiazole rings is 1. The largest absolute Gasteiger partial charge is 0.497 e. The number of hydrogen-bond acceptors (Lipinski definition) is 9. The molecule has 0 bridgehead atoms. The van der Waals surface area contributed by atoms with Crippen LogP contribution in [-0.2, 0) is 4.79 Å². The second kappa shape index (κ2) is 9.20. The number of aromatic nitrogens is 3. The van der Waals surface area contributed by atoms with Crippen LogP contribution >= 0.6 is 34.4 Å². The minimum atomic E-state index is -0.332. The zero-order chi connectivity index (χ0) is 20.9. The van der Waals surface area contributed by atoms with E-state index in [-0.39, 0.29) is 17.6 Å². The molecule has 11 heteroatoms. The van der Waals surface area contributed by atoms with Crippen LogP contribution in [0, 0.1) is 0 Å². The number of nitrogens with one attached hydrogen (secondary N) is 2. The topological polar surface area (TPSA) is 106 Å². The summed E-state index contributed by atoms with van der Waals surface area (Å²) in [4.78, 5) is 28.8. The molecule has 4 rings (SSSR count). The van der Waals surface area contributed by atoms with Crippen molar-refractivity contribution in [3.05, 3.63) is 53.5 Å². The quantitative estimate of drug-likeness (QED) is 0.317. The number of carbonyl (C=O) groups excluding carboxylic acids is 2. The number of benzene rings is 2. The van der Waals surface area contributed by atoms with Crippen molar-refractivity contribution in [2.24, 2.45) is 0 Å². The Morgan fingerprint density at radius 1 is 1.03 bits per heavy atom. The summed E-state index contributed by atoms with van der Waals surface area (Å²) in [6.45, 7) is 0. The lowest BCUT2D eigenvalue weighted by molar-refractivity contribution is -0.113. The van der Waals surface area contributed by atoms with E-state index in [9.17, 15) is 9.59 Å². The average molecular weight is 458 g/mol. The van der Waals surface area contributed by atoms with E-state index in [1.54, 1.807) is 31.4 Å². The number of hydrogen-bond donors (Lipinski definition) is 2. The normalized spacial score (nSPS) is 10.7. The van der Waals surface area contributed by atoms with E-state index in [1.807, 2.05) is 24.3 Å². The lowest BCUT2D eigenvalue weighted by Gasteiger charge is -2.05. The number of ether oxygens (including phenoxy) is 1. The monoisotopic (exact) mass is 457 g/mol. The second-order valence-electron chi connectivity index (χ2n) is 5.88. The van der Waals surface area contributed by atoms with Gasteiger partial charge in [0.1, 0.15) is 5.75 Å². The molecule has 30 heavy (non-hydrogen) atoms. The Hall–Kier alpha value is -3.02. The lowest BCUT2D eigenvalue weighted by atomic mass is 10.3. The van der Waals surface area contributed by atoms with Crippen molar-refractivity contribution in [3.8, 4) is 5.75 Å². The standard InChI is InChI=1S/C19H15N5O3S3/c1-27-12-8-6-11(7-9-12)20-15(25)10-28-19-24-23-18(30-19)22-16(26)17-21-13-4-2-3-5-14(13)29-17/h2-9H,10H2,1H3,(H,20,25)(H,22,23,26). The van der Waals surface area contributed by atoms with Crippen molar-refractivity contribution in [1.29, 1.82) is 0 Å². The van der Waals surface area contributed by atoms with Gasteiger partial charge in [-0.3, -0.25) is 14.9 Å². The number of thioether (sulfide) groups is 1. The first kappa shape index (κ1) is 20.3. The van der Waals surface area contributed by atoms with Crippen molar-refractivity contribution in [1.82, 2.24) is 15.2 Å². The average Bonchev–Trinajstić information content (AvgIpc) is 3.39. The molecule has 2 N–H and O–H groups in total. The first-order valence-electron chi connectivity index (χ1n) is 8.68. The van der Waals surface area contributed by atoms with Gasteiger partial charge in [-0.2, -0.15) is 0 Å². The maximum Gasteiger partial charge on any atom is 0.286 e. The molecule has 0 aliphatic carbocycles. The summed E-state index contributed by atoms with van der Waals surface area (Å²) in [5.41, 5.74) is 1.46. The predicted molar refractivity (Wildman–Crippen MR) is 120 cm³/mol. The van der Waals surface area contributed by atoms with Crippen LogP contribution in [0.1, 0.15) is 9.80 Å². The van der Waals surface area contributed by atoms with Crippen LogP contribution in [0.15, 0.2) is 52.9 Å². The summed E-state index contributed by atoms with van der Waals surface area (Å²) in [5.74, 6) is 0.394. The number of methoxy groups -OCH3 is 1. The molecule has 0 spiro atoms. The molecule has 2 aromatic carbocycles. The number of nitrogens with zero attached hydrogens (tertiary/aromatic N) is 3. The number of carbonyl (C=O) groups is 2. The molecule has 0 saturated carbocycles. The molecule has 0 saturated heterocycles. The summed E-state index contributed by atoms with van der Waals surface area (Å²) in [6.07, 6.45) is 0. The molecule has 4 aromatic rings. The lowest BCUT2D eigenvalue weighted by Crippen LogP contribution is -2.13. The van der Waals surface area contributed by atoms with Crippen molar-refractivity contribution >= 4 is 67.3 Å². The summed E-state index contributed by atoms with van der Waals surface area (Å²) in [6, 6.07) is 14.6. The van der Waals surface area contributed by atoms with Crippen molar-refractivity contribution < 1.29 is 14.3 Å². The van der Waals surface area contributed by atoms with Crippen molar-refractivity contribution in [2.75, 3.05) is 23.5 Å². The Morgan fingerprint density at radius 3 is 2.60 bits per heavy atom. The van der Waals surface area contributed by atoms with Gasteiger partial charge in [0, 0.05) is 5.69 Å². The molecular weight excluding hydrogens is 442 g/mol. The zero-order valence-electron chi connectivity index (χ0n) is 15.6. The molecule has 0 aliphatic heterocycles. The molecule has 152 valence electrons. The van der Waals surface area contributed by atoms with Gasteiger partial charge in [0.15, 0.2) is 9.35 Å². The van der Waals surface area contributed by atoms with Gasteiger partial charge in [-0.05, 0) is 36.4 Å². The maximum atomic E-state index is 12.4. The fourth-order valence-corrected chi connectivity index (χ4v) is 4.85. The Balaban J connectivity index is 1.30. The molecule has 0 unspecified atom stereocenters. The highest BCUT2D eigenvalue weighted by Crippen LogP contribution is 2.27. The molecule has 2 aromatic heterocycles. The van der Waals surface area contributed by atoms with Gasteiger partial charge >= 0.3 is 0 Å². The van der Waals surface area contributed by atoms with E-state index in [2.05, 4.69) is 25.8 Å². The number of rotatable bonds is 7. The van der Waals surface area contributed by atoms with E-state index in [0.29, 0.717) is 20.2 Å². The van der Waals surface area contributed by atoms with Crippen LogP contribution in [0.25, 0.3) is 10.2 Å². The molecule has 0 fully saturated rings. The maximum absolute atomic E-state index is 12.4. The first-order valence-corrected chi connectivity index (χ1v) is 11.3. The second-order valence-corrected chi connectivity index (χ2v) is 9.11. The minimum absolute atomic E-state index is 0.166. The number of anilines is 2. The number of amides is 2. The van der Waals surface area contributed by atoms with Crippen molar-refractivity contribution in [2.45, 2.75) is 4.34 Å². The molecule has 2 amide bonds. The van der Waals surface area contributed by atoms with Gasteiger partial charge < -0.3 is 10.1 Å². The molecule has 8 nitrogen and oxygen atoms in total. The minimum Gasteiger partial charge on any atom is -0.497 e. The van der Waals surface area contributed by atoms with Crippen LogP contribution in [0.4, 0.5) is 10.8 Å². The fraction of sp³-hybridized carbons (Fsp3) is 0.105. The van der Waals surface area contributed by atoms with Crippen LogP contribution in [0.5, 0.6) is 5.75 Å². The highest BCUT2D eigenvalue weighted by atomic mass is 32.2. The van der Waals surface area contributed by atoms with Gasteiger partial charge in [-0.1, -0.05) is 35.2 Å². The van der Waals surface area contributed by atoms with Crippen LogP contribution < -0.4 is 15.4 Å². The van der Waals surface area contributed by atoms with Crippen LogP contribution in [0.3, 0.4) is 0 Å². The van der Waals surface area contributed by atoms with Crippen molar-refractivity contribution in [3.63, 3.8) is 0 Å². The molecule has 0 atom stereocenters. The molecular formula is C19H15N5O3S3. The highest BCUT2D eigenvalue weighted by Gasteiger charge is 2.15. The summed E-state index contributed by atoms with van der Waals surface area (Å²) < 4.78 is 6.62. The van der Waals surface area contributed by atoms with E-state index in [1.165, 1.54) is 34.4 Å². The van der Waals surface area contributed by atoms with Crippen LogP contribution in [-0.4, -0.2) is 39.9 Å². The van der Waals surface area contributed by atoms with Gasteiger partial charge in [0.05, 0.1) is 23.1 Å². The van der Waals surface area contributed by atoms with E-state index >= 15 is 0 Å². The van der Waals surface area contributed by atoms with E-state index in [0.717, 1.165) is 16.0 Å². The third kappa shape index (κ3) is 4.93. The third-order valence-electron chi connectivity index (χ3n) is 3.82. The third-order valence-corrected chi connectivity index (χ3v) is 6.82.